The van der Waals surface area contributed by atoms with E-state index in [0.717, 1.165) is 0 Å². The van der Waals surface area contributed by atoms with E-state index in [9.17, 15) is 9.59 Å². The van der Waals surface area contributed by atoms with Crippen molar-refractivity contribution < 1.29 is 19.5 Å². The molecule has 20 heavy (non-hydrogen) atoms. The molecule has 1 rings (SSSR count). The van der Waals surface area contributed by atoms with E-state index in [-0.39, 0.29) is 25.1 Å². The third-order valence-electron chi connectivity index (χ3n) is 2.33. The Morgan fingerprint density at radius 2 is 2.15 bits per heavy atom. The van der Waals surface area contributed by atoms with Crippen LogP contribution >= 0.6 is 0 Å². The third-order valence-corrected chi connectivity index (χ3v) is 2.33. The molecule has 0 fully saturated rings. The van der Waals surface area contributed by atoms with Gasteiger partial charge < -0.3 is 15.8 Å². The summed E-state index contributed by atoms with van der Waals surface area (Å²) < 4.78 is 5.49. The Hall–Kier alpha value is -2.28. The number of ether oxygens (including phenoxy) is 1. The SMILES string of the molecule is CC(C)Oc1cccc(C(=O)NCCN(O)C(N)=O)c1. The van der Waals surface area contributed by atoms with Gasteiger partial charge in [-0.1, -0.05) is 6.07 Å². The van der Waals surface area contributed by atoms with E-state index in [0.29, 0.717) is 16.4 Å². The molecule has 0 saturated heterocycles. The van der Waals surface area contributed by atoms with E-state index in [2.05, 4.69) is 5.32 Å². The number of carbonyl (C=O) groups is 2. The second-order valence-corrected chi connectivity index (χ2v) is 4.41. The number of hydroxylamine groups is 2. The highest BCUT2D eigenvalue weighted by atomic mass is 16.5. The van der Waals surface area contributed by atoms with E-state index < -0.39 is 6.03 Å². The molecule has 110 valence electrons. The second kappa shape index (κ2) is 7.34. The molecule has 0 atom stereocenters. The van der Waals surface area contributed by atoms with Gasteiger partial charge in [-0.25, -0.2) is 9.86 Å². The Labute approximate surface area is 117 Å². The maximum absolute atomic E-state index is 11.9. The monoisotopic (exact) mass is 281 g/mol. The number of nitrogens with zero attached hydrogens (tertiary/aromatic N) is 1. The lowest BCUT2D eigenvalue weighted by atomic mass is 10.2. The largest absolute Gasteiger partial charge is 0.491 e. The van der Waals surface area contributed by atoms with Crippen molar-refractivity contribution in [3.63, 3.8) is 0 Å². The number of nitrogens with two attached hydrogens (primary N) is 1. The van der Waals surface area contributed by atoms with Crippen LogP contribution in [0.4, 0.5) is 4.79 Å². The van der Waals surface area contributed by atoms with E-state index in [1.807, 2.05) is 13.8 Å². The quantitative estimate of drug-likeness (QED) is 0.533. The minimum atomic E-state index is -0.966. The number of hydrogen-bond acceptors (Lipinski definition) is 4. The molecule has 0 heterocycles. The van der Waals surface area contributed by atoms with Gasteiger partial charge in [0, 0.05) is 12.1 Å². The summed E-state index contributed by atoms with van der Waals surface area (Å²) in [5.41, 5.74) is 5.27. The summed E-state index contributed by atoms with van der Waals surface area (Å²) in [5, 5.41) is 11.9. The van der Waals surface area contributed by atoms with Crippen molar-refractivity contribution >= 4 is 11.9 Å². The van der Waals surface area contributed by atoms with Gasteiger partial charge >= 0.3 is 6.03 Å². The molecule has 0 unspecified atom stereocenters. The highest BCUT2D eigenvalue weighted by Crippen LogP contribution is 2.14. The van der Waals surface area contributed by atoms with Crippen molar-refractivity contribution in [3.8, 4) is 5.75 Å². The summed E-state index contributed by atoms with van der Waals surface area (Å²) in [6.45, 7) is 3.80. The van der Waals surface area contributed by atoms with E-state index in [1.54, 1.807) is 24.3 Å². The normalized spacial score (nSPS) is 10.2. The zero-order valence-corrected chi connectivity index (χ0v) is 11.5. The van der Waals surface area contributed by atoms with Crippen LogP contribution in [-0.4, -0.2) is 41.4 Å². The molecule has 0 radical (unpaired) electrons. The summed E-state index contributed by atoms with van der Waals surface area (Å²) >= 11 is 0. The average molecular weight is 281 g/mol. The minimum absolute atomic E-state index is 0.0202. The lowest BCUT2D eigenvalue weighted by Gasteiger charge is -2.13. The minimum Gasteiger partial charge on any atom is -0.491 e. The molecule has 7 nitrogen and oxygen atoms in total. The summed E-state index contributed by atoms with van der Waals surface area (Å²) in [6, 6.07) is 5.79. The van der Waals surface area contributed by atoms with Crippen LogP contribution < -0.4 is 15.8 Å². The molecule has 4 N–H and O–H groups in total. The molecular weight excluding hydrogens is 262 g/mol. The maximum Gasteiger partial charge on any atom is 0.338 e. The lowest BCUT2D eigenvalue weighted by Crippen LogP contribution is -2.39. The summed E-state index contributed by atoms with van der Waals surface area (Å²) in [4.78, 5) is 22.4. The number of nitrogens with one attached hydrogen (secondary N) is 1. The zero-order chi connectivity index (χ0) is 15.1. The van der Waals surface area contributed by atoms with Gasteiger partial charge in [0.1, 0.15) is 5.75 Å². The molecule has 0 aliphatic rings. The van der Waals surface area contributed by atoms with Crippen LogP contribution in [0.15, 0.2) is 24.3 Å². The van der Waals surface area contributed by atoms with Crippen molar-refractivity contribution in [3.05, 3.63) is 29.8 Å². The number of urea groups is 1. The van der Waals surface area contributed by atoms with Crippen LogP contribution in [0.3, 0.4) is 0 Å². The Bertz CT molecular complexity index is 476. The molecule has 0 saturated carbocycles. The standard InChI is InChI=1S/C13H19N3O4/c1-9(2)20-11-5-3-4-10(8-11)12(17)15-6-7-16(19)13(14)18/h3-5,8-9,19H,6-7H2,1-2H3,(H2,14,18)(H,15,17). The smallest absolute Gasteiger partial charge is 0.338 e. The van der Waals surface area contributed by atoms with Crippen molar-refractivity contribution in [2.24, 2.45) is 5.73 Å². The number of rotatable bonds is 6. The van der Waals surface area contributed by atoms with Crippen molar-refractivity contribution in [2.45, 2.75) is 20.0 Å². The van der Waals surface area contributed by atoms with Gasteiger partial charge in [-0.05, 0) is 32.0 Å². The highest BCUT2D eigenvalue weighted by Gasteiger charge is 2.09. The number of primary amides is 1. The fourth-order valence-electron chi connectivity index (χ4n) is 1.47. The molecule has 1 aromatic carbocycles. The predicted molar refractivity (Wildman–Crippen MR) is 72.6 cm³/mol. The van der Waals surface area contributed by atoms with Crippen LogP contribution in [0.5, 0.6) is 5.75 Å². The fraction of sp³-hybridized carbons (Fsp3) is 0.385. The van der Waals surface area contributed by atoms with Gasteiger partial charge in [0.2, 0.25) is 0 Å². The first-order valence-corrected chi connectivity index (χ1v) is 6.21. The summed E-state index contributed by atoms with van der Waals surface area (Å²) in [5.74, 6) is 0.283. The molecule has 0 bridgehead atoms. The first-order chi connectivity index (χ1) is 9.40. The van der Waals surface area contributed by atoms with Crippen LogP contribution in [0.1, 0.15) is 24.2 Å². The van der Waals surface area contributed by atoms with Crippen molar-refractivity contribution in [1.82, 2.24) is 10.4 Å². The molecule has 0 aromatic heterocycles. The Morgan fingerprint density at radius 3 is 2.75 bits per heavy atom. The Kier molecular flexibility index (Phi) is 5.79. The molecule has 3 amide bonds. The van der Waals surface area contributed by atoms with E-state index in [4.69, 9.17) is 15.7 Å². The molecular formula is C13H19N3O4. The van der Waals surface area contributed by atoms with Crippen LogP contribution in [-0.2, 0) is 0 Å². The number of amides is 3. The van der Waals surface area contributed by atoms with Crippen LogP contribution in [0.25, 0.3) is 0 Å². The second-order valence-electron chi connectivity index (χ2n) is 4.41. The van der Waals surface area contributed by atoms with Gasteiger partial charge in [0.15, 0.2) is 0 Å². The number of carbonyl (C=O) groups excluding carboxylic acids is 2. The van der Waals surface area contributed by atoms with Gasteiger partial charge in [-0.2, -0.15) is 0 Å². The predicted octanol–water partition coefficient (Wildman–Crippen LogP) is 0.974. The Balaban J connectivity index is 2.53. The topological polar surface area (TPSA) is 105 Å². The maximum atomic E-state index is 11.9. The summed E-state index contributed by atoms with van der Waals surface area (Å²) in [6.07, 6.45) is 0.0202. The van der Waals surface area contributed by atoms with Gasteiger partial charge in [0.25, 0.3) is 5.91 Å². The van der Waals surface area contributed by atoms with Crippen LogP contribution in [0.2, 0.25) is 0 Å². The Morgan fingerprint density at radius 1 is 1.45 bits per heavy atom. The van der Waals surface area contributed by atoms with E-state index >= 15 is 0 Å². The van der Waals surface area contributed by atoms with Crippen molar-refractivity contribution in [1.29, 1.82) is 0 Å². The van der Waals surface area contributed by atoms with Gasteiger partial charge in [-0.15, -0.1) is 0 Å². The first kappa shape index (κ1) is 15.8. The highest BCUT2D eigenvalue weighted by molar-refractivity contribution is 5.94. The van der Waals surface area contributed by atoms with E-state index in [1.165, 1.54) is 0 Å². The molecule has 0 spiro atoms. The number of hydrogen-bond donors (Lipinski definition) is 3. The molecule has 0 aliphatic carbocycles. The van der Waals surface area contributed by atoms with Crippen molar-refractivity contribution in [2.75, 3.05) is 13.1 Å². The molecule has 7 heteroatoms. The molecule has 1 aromatic rings. The number of benzene rings is 1. The van der Waals surface area contributed by atoms with Gasteiger partial charge in [-0.3, -0.25) is 10.0 Å². The fourth-order valence-corrected chi connectivity index (χ4v) is 1.47. The zero-order valence-electron chi connectivity index (χ0n) is 11.5. The molecule has 0 aliphatic heterocycles. The average Bonchev–Trinajstić information content (AvgIpc) is 2.37. The lowest BCUT2D eigenvalue weighted by molar-refractivity contribution is -0.0376. The summed E-state index contributed by atoms with van der Waals surface area (Å²) in [7, 11) is 0. The third kappa shape index (κ3) is 5.15. The van der Waals surface area contributed by atoms with Crippen LogP contribution in [0, 0.1) is 0 Å². The van der Waals surface area contributed by atoms with Gasteiger partial charge in [0.05, 0.1) is 12.6 Å². The first-order valence-electron chi connectivity index (χ1n) is 6.21.